The van der Waals surface area contributed by atoms with Crippen LogP contribution in [0.4, 0.5) is 0 Å². The van der Waals surface area contributed by atoms with Crippen LogP contribution in [0.3, 0.4) is 0 Å². The lowest BCUT2D eigenvalue weighted by atomic mass is 10.1. The minimum atomic E-state index is 0.455. The number of unbranched alkanes of at least 4 members (excludes halogenated alkanes) is 9. The summed E-state index contributed by atoms with van der Waals surface area (Å²) >= 11 is 2.37. The zero-order chi connectivity index (χ0) is 14.0. The van der Waals surface area contributed by atoms with Gasteiger partial charge in [0.15, 0.2) is 0 Å². The molecule has 19 heavy (non-hydrogen) atoms. The number of quaternary nitrogens is 1. The first kappa shape index (κ1) is 17.4. The fourth-order valence-corrected chi connectivity index (χ4v) is 3.82. The molecule has 1 saturated heterocycles. The van der Waals surface area contributed by atoms with Crippen LogP contribution in [0.15, 0.2) is 0 Å². The van der Waals surface area contributed by atoms with Crippen LogP contribution in [0.1, 0.15) is 84.0 Å². The topological polar surface area (TPSA) is 17.1 Å². The molecule has 1 atom stereocenters. The zero-order valence-electron chi connectivity index (χ0n) is 12.6. The zero-order valence-corrected chi connectivity index (χ0v) is 14.8. The lowest BCUT2D eigenvalue weighted by Gasteiger charge is -2.21. The number of halogens is 1. The fourth-order valence-electron chi connectivity index (χ4n) is 2.89. The van der Waals surface area contributed by atoms with E-state index < -0.39 is 0 Å². The highest BCUT2D eigenvalue weighted by molar-refractivity contribution is 14.1. The standard InChI is InChI=1S/C16H31INO/c1-2-3-4-5-6-7-8-9-10-11-14-18(17)15-12-13-16(18)19/h2-15H2,1H3/q+1. The SMILES string of the molecule is CCCCCCCCCCCC[N+]1(I)CCCC1=O. The molecule has 0 saturated carbocycles. The van der Waals surface area contributed by atoms with Gasteiger partial charge in [-0.1, -0.05) is 58.3 Å². The van der Waals surface area contributed by atoms with Crippen molar-refractivity contribution in [1.82, 2.24) is 0 Å². The summed E-state index contributed by atoms with van der Waals surface area (Å²) in [5.41, 5.74) is 0. The molecular weight excluding hydrogens is 349 g/mol. The molecule has 1 aliphatic rings. The number of likely N-dealkylation sites (tertiary alicyclic amines) is 1. The number of nitrogens with zero attached hydrogens (tertiary/aromatic N) is 1. The Kier molecular flexibility index (Phi) is 9.29. The van der Waals surface area contributed by atoms with Crippen molar-refractivity contribution in [2.24, 2.45) is 0 Å². The van der Waals surface area contributed by atoms with Gasteiger partial charge in [-0.2, -0.15) is 0 Å². The van der Waals surface area contributed by atoms with E-state index >= 15 is 0 Å². The molecule has 1 rings (SSSR count). The summed E-state index contributed by atoms with van der Waals surface area (Å²) in [6, 6.07) is 0. The summed E-state index contributed by atoms with van der Waals surface area (Å²) in [7, 11) is 0. The molecule has 1 fully saturated rings. The van der Waals surface area contributed by atoms with Crippen LogP contribution in [0.2, 0.25) is 0 Å². The van der Waals surface area contributed by atoms with E-state index in [4.69, 9.17) is 0 Å². The van der Waals surface area contributed by atoms with Gasteiger partial charge in [0.2, 0.25) is 0 Å². The molecule has 1 aliphatic heterocycles. The van der Waals surface area contributed by atoms with Crippen molar-refractivity contribution in [3.63, 3.8) is 0 Å². The summed E-state index contributed by atoms with van der Waals surface area (Å²) in [4.78, 5) is 11.8. The van der Waals surface area contributed by atoms with Crippen molar-refractivity contribution < 1.29 is 7.49 Å². The van der Waals surface area contributed by atoms with Crippen molar-refractivity contribution in [2.75, 3.05) is 13.1 Å². The molecule has 1 heterocycles. The van der Waals surface area contributed by atoms with Crippen LogP contribution in [0.5, 0.6) is 0 Å². The monoisotopic (exact) mass is 380 g/mol. The number of carbonyl (C=O) groups is 1. The van der Waals surface area contributed by atoms with Gasteiger partial charge in [0, 0.05) is 6.42 Å². The minimum absolute atomic E-state index is 0.455. The van der Waals surface area contributed by atoms with E-state index in [9.17, 15) is 4.79 Å². The molecule has 1 unspecified atom stereocenters. The second-order valence-corrected chi connectivity index (χ2v) is 7.84. The number of rotatable bonds is 11. The molecule has 112 valence electrons. The van der Waals surface area contributed by atoms with Crippen LogP contribution in [0.25, 0.3) is 0 Å². The quantitative estimate of drug-likeness (QED) is 0.267. The average Bonchev–Trinajstić information content (AvgIpc) is 2.72. The van der Waals surface area contributed by atoms with Gasteiger partial charge < -0.3 is 0 Å². The van der Waals surface area contributed by atoms with Gasteiger partial charge >= 0.3 is 5.91 Å². The number of hydrogen-bond acceptors (Lipinski definition) is 1. The first-order valence-corrected chi connectivity index (χ1v) is 9.25. The van der Waals surface area contributed by atoms with Crippen molar-refractivity contribution in [1.29, 1.82) is 0 Å². The predicted molar refractivity (Wildman–Crippen MR) is 90.1 cm³/mol. The highest BCUT2D eigenvalue weighted by Gasteiger charge is 2.38. The van der Waals surface area contributed by atoms with Crippen LogP contribution in [-0.2, 0) is 4.79 Å². The van der Waals surface area contributed by atoms with Gasteiger partial charge in [0.25, 0.3) is 22.9 Å². The third-order valence-corrected chi connectivity index (χ3v) is 5.72. The highest BCUT2D eigenvalue weighted by atomic mass is 127. The van der Waals surface area contributed by atoms with Gasteiger partial charge in [-0.25, -0.2) is 7.49 Å². The van der Waals surface area contributed by atoms with Gasteiger partial charge in [0.1, 0.15) is 0 Å². The van der Waals surface area contributed by atoms with Crippen molar-refractivity contribution in [2.45, 2.75) is 84.0 Å². The van der Waals surface area contributed by atoms with Gasteiger partial charge in [0.05, 0.1) is 19.5 Å². The van der Waals surface area contributed by atoms with Crippen molar-refractivity contribution >= 4 is 28.8 Å². The number of hydrogen-bond donors (Lipinski definition) is 0. The van der Waals surface area contributed by atoms with Crippen molar-refractivity contribution in [3.05, 3.63) is 0 Å². The second kappa shape index (κ2) is 10.1. The summed E-state index contributed by atoms with van der Waals surface area (Å²) in [6.07, 6.45) is 15.6. The molecule has 0 aromatic rings. The second-order valence-electron chi connectivity index (χ2n) is 5.99. The first-order valence-electron chi connectivity index (χ1n) is 8.29. The summed E-state index contributed by atoms with van der Waals surface area (Å²) in [6.45, 7) is 4.40. The molecule has 2 nitrogen and oxygen atoms in total. The highest BCUT2D eigenvalue weighted by Crippen LogP contribution is 2.28. The average molecular weight is 380 g/mol. The van der Waals surface area contributed by atoms with Crippen LogP contribution < -0.4 is 0 Å². The van der Waals surface area contributed by atoms with Gasteiger partial charge in [-0.3, -0.25) is 0 Å². The Bertz CT molecular complexity index is 257. The summed E-state index contributed by atoms with van der Waals surface area (Å²) in [5.74, 6) is 0.455. The fraction of sp³-hybridized carbons (Fsp3) is 0.938. The number of amides is 1. The van der Waals surface area contributed by atoms with Crippen molar-refractivity contribution in [3.8, 4) is 0 Å². The van der Waals surface area contributed by atoms with E-state index in [2.05, 4.69) is 29.8 Å². The molecule has 0 N–H and O–H groups in total. The molecule has 0 bridgehead atoms. The van der Waals surface area contributed by atoms with E-state index in [-0.39, 0.29) is 0 Å². The van der Waals surface area contributed by atoms with Gasteiger partial charge in [-0.15, -0.1) is 0 Å². The van der Waals surface area contributed by atoms with Gasteiger partial charge in [-0.05, 0) is 12.8 Å². The largest absolute Gasteiger partial charge is 0.321 e. The Morgan fingerprint density at radius 2 is 1.47 bits per heavy atom. The predicted octanol–water partition coefficient (Wildman–Crippen LogP) is 5.39. The van der Waals surface area contributed by atoms with E-state index in [1.807, 2.05) is 0 Å². The Balaban J connectivity index is 1.87. The summed E-state index contributed by atoms with van der Waals surface area (Å²) < 4.78 is 0.689. The Labute approximate surface area is 133 Å². The molecular formula is C16H31INO+. The maximum absolute atomic E-state index is 11.8. The van der Waals surface area contributed by atoms with E-state index in [1.165, 1.54) is 64.2 Å². The van der Waals surface area contributed by atoms with Crippen LogP contribution in [-0.4, -0.2) is 21.7 Å². The molecule has 0 aromatic heterocycles. The third kappa shape index (κ3) is 7.07. The Morgan fingerprint density at radius 1 is 0.947 bits per heavy atom. The smallest absolute Gasteiger partial charge is 0.230 e. The molecule has 1 amide bonds. The minimum Gasteiger partial charge on any atom is -0.230 e. The normalized spacial score (nSPS) is 23.2. The lowest BCUT2D eigenvalue weighted by molar-refractivity contribution is -0.663. The summed E-state index contributed by atoms with van der Waals surface area (Å²) in [5, 5.41) is 0. The maximum Gasteiger partial charge on any atom is 0.321 e. The Morgan fingerprint density at radius 3 is 1.95 bits per heavy atom. The van der Waals surface area contributed by atoms with Crippen LogP contribution in [0, 0.1) is 0 Å². The van der Waals surface area contributed by atoms with E-state index in [1.54, 1.807) is 0 Å². The van der Waals surface area contributed by atoms with E-state index in [0.29, 0.717) is 8.60 Å². The first-order chi connectivity index (χ1) is 9.19. The molecule has 3 heteroatoms. The molecule has 0 radical (unpaired) electrons. The number of carbonyl (C=O) groups excluding carboxylic acids is 1. The maximum atomic E-state index is 11.8. The molecule has 0 aliphatic carbocycles. The molecule has 0 spiro atoms. The molecule has 0 aromatic carbocycles. The van der Waals surface area contributed by atoms with E-state index in [0.717, 1.165) is 25.9 Å². The van der Waals surface area contributed by atoms with Crippen LogP contribution >= 0.6 is 22.9 Å². The lowest BCUT2D eigenvalue weighted by Crippen LogP contribution is -2.39. The third-order valence-electron chi connectivity index (χ3n) is 4.22. The Hall–Kier alpha value is 0.360.